The van der Waals surface area contributed by atoms with Crippen molar-refractivity contribution in [1.82, 2.24) is 0 Å². The van der Waals surface area contributed by atoms with Gasteiger partial charge in [0.1, 0.15) is 17.3 Å². The smallest absolute Gasteiger partial charge is 0.456 e. The van der Waals surface area contributed by atoms with Crippen LogP contribution in [0, 0.1) is 17.2 Å². The van der Waals surface area contributed by atoms with E-state index in [1.807, 2.05) is 6.07 Å². The molecule has 0 saturated heterocycles. The summed E-state index contributed by atoms with van der Waals surface area (Å²) in [6.45, 7) is 1.11. The van der Waals surface area contributed by atoms with Crippen molar-refractivity contribution in [3.8, 4) is 11.8 Å². The van der Waals surface area contributed by atoms with Gasteiger partial charge in [-0.1, -0.05) is 24.3 Å². The molecule has 2 aromatic carbocycles. The van der Waals surface area contributed by atoms with Crippen molar-refractivity contribution in [1.29, 1.82) is 5.26 Å². The van der Waals surface area contributed by atoms with Gasteiger partial charge in [-0.05, 0) is 36.8 Å². The molecule has 0 bridgehead atoms. The first kappa shape index (κ1) is 22.4. The standard InChI is InChI=1S/C23H16F3NO6/c1-2-31-21(29)18-16(13-9-7-12(11-27)8-10-13)17-19(33-22(18,30)23(24,25)26)14-5-3-4-6-15(14)32-20(17)28/h3-10,16,18,30H,2H2,1H3. The summed E-state index contributed by atoms with van der Waals surface area (Å²) >= 11 is 0. The van der Waals surface area contributed by atoms with E-state index in [2.05, 4.69) is 0 Å². The molecule has 0 radical (unpaired) electrons. The Morgan fingerprint density at radius 2 is 1.88 bits per heavy atom. The molecule has 7 nitrogen and oxygen atoms in total. The number of rotatable bonds is 3. The van der Waals surface area contributed by atoms with Crippen LogP contribution in [0.25, 0.3) is 11.0 Å². The van der Waals surface area contributed by atoms with Gasteiger partial charge < -0.3 is 19.0 Å². The second kappa shape index (κ2) is 7.94. The number of aliphatic hydroxyl groups is 1. The van der Waals surface area contributed by atoms with Crippen LogP contribution in [-0.4, -0.2) is 29.6 Å². The lowest BCUT2D eigenvalue weighted by atomic mass is 9.73. The number of benzene rings is 2. The zero-order chi connectivity index (χ0) is 24.0. The lowest BCUT2D eigenvalue weighted by Crippen LogP contribution is -2.62. The molecule has 3 unspecified atom stereocenters. The number of hydrogen-bond acceptors (Lipinski definition) is 7. The van der Waals surface area contributed by atoms with Gasteiger partial charge in [-0.15, -0.1) is 0 Å². The van der Waals surface area contributed by atoms with Crippen LogP contribution < -0.4 is 10.4 Å². The molecule has 1 aliphatic rings. The van der Waals surface area contributed by atoms with Gasteiger partial charge >= 0.3 is 23.6 Å². The fourth-order valence-electron chi connectivity index (χ4n) is 4.01. The van der Waals surface area contributed by atoms with Crippen molar-refractivity contribution in [2.24, 2.45) is 5.92 Å². The highest BCUT2D eigenvalue weighted by Gasteiger charge is 2.69. The average Bonchev–Trinajstić information content (AvgIpc) is 2.77. The van der Waals surface area contributed by atoms with E-state index in [1.54, 1.807) is 0 Å². The fourth-order valence-corrected chi connectivity index (χ4v) is 4.01. The highest BCUT2D eigenvalue weighted by Crippen LogP contribution is 2.53. The summed E-state index contributed by atoms with van der Waals surface area (Å²) in [7, 11) is 0. The molecule has 1 aliphatic heterocycles. The lowest BCUT2D eigenvalue weighted by molar-refractivity contribution is -0.358. The molecule has 1 aromatic heterocycles. The summed E-state index contributed by atoms with van der Waals surface area (Å²) in [4.78, 5) is 25.8. The Labute approximate surface area is 184 Å². The molecular formula is C23H16F3NO6. The molecule has 3 atom stereocenters. The van der Waals surface area contributed by atoms with Crippen molar-refractivity contribution in [2.75, 3.05) is 6.61 Å². The average molecular weight is 459 g/mol. The molecule has 10 heteroatoms. The van der Waals surface area contributed by atoms with E-state index in [0.717, 1.165) is 0 Å². The number of ether oxygens (including phenoxy) is 2. The summed E-state index contributed by atoms with van der Waals surface area (Å²) in [5.41, 5.74) is -1.20. The highest BCUT2D eigenvalue weighted by atomic mass is 19.4. The highest BCUT2D eigenvalue weighted by molar-refractivity contribution is 5.87. The number of para-hydroxylation sites is 1. The van der Waals surface area contributed by atoms with E-state index < -0.39 is 41.1 Å². The SMILES string of the molecule is CCOC(=O)C1C(c2ccc(C#N)cc2)c2c(c3ccccc3oc2=O)OC1(O)C(F)(F)F. The molecule has 2 heterocycles. The third kappa shape index (κ3) is 3.50. The zero-order valence-electron chi connectivity index (χ0n) is 17.1. The number of nitriles is 1. The molecule has 0 aliphatic carbocycles. The fraction of sp³-hybridized carbons (Fsp3) is 0.261. The molecule has 4 rings (SSSR count). The topological polar surface area (TPSA) is 110 Å². The molecule has 33 heavy (non-hydrogen) atoms. The van der Waals surface area contributed by atoms with Crippen molar-refractivity contribution in [2.45, 2.75) is 24.8 Å². The molecule has 1 N–H and O–H groups in total. The number of alkyl halides is 3. The van der Waals surface area contributed by atoms with Crippen LogP contribution in [0.4, 0.5) is 13.2 Å². The van der Waals surface area contributed by atoms with Gasteiger partial charge in [0.25, 0.3) is 0 Å². The first-order valence-corrected chi connectivity index (χ1v) is 9.83. The summed E-state index contributed by atoms with van der Waals surface area (Å²) in [5.74, 6) is -10.0. The minimum Gasteiger partial charge on any atom is -0.466 e. The van der Waals surface area contributed by atoms with Gasteiger partial charge in [0.15, 0.2) is 0 Å². The van der Waals surface area contributed by atoms with Gasteiger partial charge in [0.05, 0.1) is 29.2 Å². The number of halogens is 3. The summed E-state index contributed by atoms with van der Waals surface area (Å²) in [6.07, 6.45) is -5.44. The third-order valence-corrected chi connectivity index (χ3v) is 5.47. The van der Waals surface area contributed by atoms with Gasteiger partial charge in [0, 0.05) is 5.92 Å². The van der Waals surface area contributed by atoms with Gasteiger partial charge in [-0.3, -0.25) is 4.79 Å². The van der Waals surface area contributed by atoms with Crippen molar-refractivity contribution < 1.29 is 37.0 Å². The Morgan fingerprint density at radius 3 is 2.48 bits per heavy atom. The Balaban J connectivity index is 2.11. The molecular weight excluding hydrogens is 443 g/mol. The number of carbonyl (C=O) groups excluding carboxylic acids is 1. The maximum atomic E-state index is 14.3. The van der Waals surface area contributed by atoms with Crippen LogP contribution in [-0.2, 0) is 9.53 Å². The van der Waals surface area contributed by atoms with E-state index in [4.69, 9.17) is 19.2 Å². The number of hydrogen-bond donors (Lipinski definition) is 1. The zero-order valence-corrected chi connectivity index (χ0v) is 17.1. The summed E-state index contributed by atoms with van der Waals surface area (Å²) in [6, 6.07) is 12.9. The number of nitrogens with zero attached hydrogens (tertiary/aromatic N) is 1. The van der Waals surface area contributed by atoms with E-state index >= 15 is 0 Å². The monoisotopic (exact) mass is 459 g/mol. The Bertz CT molecular complexity index is 1330. The Morgan fingerprint density at radius 1 is 1.21 bits per heavy atom. The molecule has 0 saturated carbocycles. The Kier molecular flexibility index (Phi) is 5.38. The first-order valence-electron chi connectivity index (χ1n) is 9.83. The first-order chi connectivity index (χ1) is 15.6. The van der Waals surface area contributed by atoms with Crippen molar-refractivity contribution >= 4 is 16.9 Å². The van der Waals surface area contributed by atoms with Crippen LogP contribution >= 0.6 is 0 Å². The van der Waals surface area contributed by atoms with Crippen molar-refractivity contribution in [3.05, 3.63) is 75.6 Å². The second-order valence-corrected chi connectivity index (χ2v) is 7.37. The van der Waals surface area contributed by atoms with Gasteiger partial charge in [0.2, 0.25) is 0 Å². The normalized spacial score (nSPS) is 22.2. The van der Waals surface area contributed by atoms with Crippen LogP contribution in [0.1, 0.15) is 29.5 Å². The predicted molar refractivity (Wildman–Crippen MR) is 107 cm³/mol. The molecule has 3 aromatic rings. The van der Waals surface area contributed by atoms with E-state index in [-0.39, 0.29) is 34.3 Å². The summed E-state index contributed by atoms with van der Waals surface area (Å²) in [5, 5.41) is 19.9. The minimum absolute atomic E-state index is 0.00993. The molecule has 170 valence electrons. The molecule has 0 fully saturated rings. The van der Waals surface area contributed by atoms with Crippen LogP contribution in [0.5, 0.6) is 5.75 Å². The molecule has 0 spiro atoms. The Hall–Kier alpha value is -3.84. The summed E-state index contributed by atoms with van der Waals surface area (Å²) < 4.78 is 58.0. The van der Waals surface area contributed by atoms with Gasteiger partial charge in [-0.25, -0.2) is 4.79 Å². The van der Waals surface area contributed by atoms with E-state index in [9.17, 15) is 27.9 Å². The molecule has 0 amide bonds. The van der Waals surface area contributed by atoms with Crippen molar-refractivity contribution in [3.63, 3.8) is 0 Å². The third-order valence-electron chi connectivity index (χ3n) is 5.47. The minimum atomic E-state index is -5.44. The van der Waals surface area contributed by atoms with Crippen LogP contribution in [0.2, 0.25) is 0 Å². The van der Waals surface area contributed by atoms with Crippen LogP contribution in [0.15, 0.2) is 57.7 Å². The maximum absolute atomic E-state index is 14.3. The quantitative estimate of drug-likeness (QED) is 0.471. The predicted octanol–water partition coefficient (Wildman–Crippen LogP) is 3.62. The second-order valence-electron chi connectivity index (χ2n) is 7.37. The largest absolute Gasteiger partial charge is 0.466 e. The van der Waals surface area contributed by atoms with E-state index in [1.165, 1.54) is 55.5 Å². The lowest BCUT2D eigenvalue weighted by Gasteiger charge is -2.43. The van der Waals surface area contributed by atoms with Crippen LogP contribution in [0.3, 0.4) is 0 Å². The van der Waals surface area contributed by atoms with E-state index in [0.29, 0.717) is 0 Å². The number of carbonyl (C=O) groups is 1. The number of fused-ring (bicyclic) bond motifs is 3. The number of esters is 1. The maximum Gasteiger partial charge on any atom is 0.456 e. The van der Waals surface area contributed by atoms with Gasteiger partial charge in [-0.2, -0.15) is 18.4 Å².